The first-order chi connectivity index (χ1) is 11.5. The number of likely N-dealkylation sites (tertiary alicyclic amines) is 1. The second-order valence-electron chi connectivity index (χ2n) is 7.93. The largest absolute Gasteiger partial charge is 0.383 e. The van der Waals surface area contributed by atoms with Gasteiger partial charge in [0, 0.05) is 25.1 Å². The summed E-state index contributed by atoms with van der Waals surface area (Å²) in [6.07, 6.45) is 3.29. The van der Waals surface area contributed by atoms with E-state index in [9.17, 15) is 4.79 Å². The van der Waals surface area contributed by atoms with Gasteiger partial charge in [-0.05, 0) is 55.1 Å². The predicted molar refractivity (Wildman–Crippen MR) is 98.4 cm³/mol. The van der Waals surface area contributed by atoms with Gasteiger partial charge in [-0.15, -0.1) is 11.3 Å². The molecule has 4 nitrogen and oxygen atoms in total. The highest BCUT2D eigenvalue weighted by atomic mass is 32.1. The third-order valence-electron chi connectivity index (χ3n) is 5.94. The van der Waals surface area contributed by atoms with Crippen LogP contribution < -0.4 is 5.32 Å². The van der Waals surface area contributed by atoms with Crippen molar-refractivity contribution >= 4 is 17.2 Å². The van der Waals surface area contributed by atoms with Gasteiger partial charge >= 0.3 is 0 Å². The van der Waals surface area contributed by atoms with Crippen LogP contribution in [0.2, 0.25) is 0 Å². The molecule has 24 heavy (non-hydrogen) atoms. The van der Waals surface area contributed by atoms with Gasteiger partial charge in [-0.3, -0.25) is 4.79 Å². The first kappa shape index (κ1) is 17.9. The van der Waals surface area contributed by atoms with Gasteiger partial charge in [0.05, 0.1) is 12.0 Å². The topological polar surface area (TPSA) is 41.6 Å². The molecule has 1 aromatic rings. The predicted octanol–water partition coefficient (Wildman–Crippen LogP) is 2.89. The zero-order chi connectivity index (χ0) is 17.2. The van der Waals surface area contributed by atoms with Crippen LogP contribution in [0.15, 0.2) is 17.5 Å². The fraction of sp³-hybridized carbons (Fsp3) is 0.737. The van der Waals surface area contributed by atoms with E-state index in [1.54, 1.807) is 18.4 Å². The van der Waals surface area contributed by atoms with Gasteiger partial charge < -0.3 is 15.0 Å². The van der Waals surface area contributed by atoms with Gasteiger partial charge in [0.1, 0.15) is 0 Å². The normalized spacial score (nSPS) is 27.1. The number of rotatable bonds is 7. The molecule has 1 saturated heterocycles. The van der Waals surface area contributed by atoms with E-state index in [0.717, 1.165) is 39.2 Å². The highest BCUT2D eigenvalue weighted by Crippen LogP contribution is 2.65. The van der Waals surface area contributed by atoms with E-state index in [1.807, 2.05) is 0 Å². The molecule has 1 aromatic heterocycles. The van der Waals surface area contributed by atoms with Crippen molar-refractivity contribution in [1.29, 1.82) is 0 Å². The number of hydrogen-bond acceptors (Lipinski definition) is 4. The molecule has 0 aromatic carbocycles. The summed E-state index contributed by atoms with van der Waals surface area (Å²) >= 11 is 1.71. The molecular weight excluding hydrogens is 320 g/mol. The van der Waals surface area contributed by atoms with E-state index < -0.39 is 0 Å². The minimum Gasteiger partial charge on any atom is -0.383 e. The highest BCUT2D eigenvalue weighted by molar-refractivity contribution is 7.10. The van der Waals surface area contributed by atoms with Crippen LogP contribution in [0.4, 0.5) is 0 Å². The highest BCUT2D eigenvalue weighted by Gasteiger charge is 2.67. The number of carbonyl (C=O) groups is 1. The number of methoxy groups -OCH3 is 1. The molecule has 1 N–H and O–H groups in total. The number of carbonyl (C=O) groups excluding carboxylic acids is 1. The van der Waals surface area contributed by atoms with Crippen LogP contribution in [0.3, 0.4) is 0 Å². The molecule has 2 heterocycles. The Hall–Kier alpha value is -0.910. The summed E-state index contributed by atoms with van der Waals surface area (Å²) < 4.78 is 5.15. The first-order valence-corrected chi connectivity index (χ1v) is 9.91. The maximum absolute atomic E-state index is 13.0. The van der Waals surface area contributed by atoms with Crippen molar-refractivity contribution in [3.05, 3.63) is 22.4 Å². The first-order valence-electron chi connectivity index (χ1n) is 9.03. The van der Waals surface area contributed by atoms with E-state index >= 15 is 0 Å². The smallest absolute Gasteiger partial charge is 0.232 e. The van der Waals surface area contributed by atoms with E-state index in [4.69, 9.17) is 4.74 Å². The lowest BCUT2D eigenvalue weighted by molar-refractivity contribution is -0.124. The number of nitrogens with zero attached hydrogens (tertiary/aromatic N) is 1. The standard InChI is InChI=1S/C19H30N2O2S/c1-18(2)14-19(18,16-5-4-12-24-16)17(22)20-13-15-6-8-21(9-7-15)10-11-23-3/h4-5,12,15H,6-11,13-14H2,1-3H3,(H,20,22)/t19-/m1/s1. The molecule has 0 radical (unpaired) electrons. The second kappa shape index (κ2) is 7.14. The average Bonchev–Trinajstić information content (AvgIpc) is 2.93. The van der Waals surface area contributed by atoms with Gasteiger partial charge in [0.25, 0.3) is 0 Å². The van der Waals surface area contributed by atoms with Gasteiger partial charge in [0.15, 0.2) is 0 Å². The van der Waals surface area contributed by atoms with Crippen molar-refractivity contribution in [2.45, 2.75) is 38.5 Å². The number of piperidine rings is 1. The number of ether oxygens (including phenoxy) is 1. The van der Waals surface area contributed by atoms with Crippen LogP contribution in [0.25, 0.3) is 0 Å². The monoisotopic (exact) mass is 350 g/mol. The molecule has 134 valence electrons. The van der Waals surface area contributed by atoms with Crippen LogP contribution in [-0.4, -0.2) is 50.7 Å². The molecule has 1 atom stereocenters. The van der Waals surface area contributed by atoms with Crippen molar-refractivity contribution in [2.75, 3.05) is 39.9 Å². The Bertz CT molecular complexity index is 550. The Balaban J connectivity index is 1.50. The lowest BCUT2D eigenvalue weighted by atomic mass is 9.92. The van der Waals surface area contributed by atoms with Crippen molar-refractivity contribution < 1.29 is 9.53 Å². The van der Waals surface area contributed by atoms with Crippen LogP contribution in [0, 0.1) is 11.3 Å². The zero-order valence-electron chi connectivity index (χ0n) is 15.1. The summed E-state index contributed by atoms with van der Waals surface area (Å²) in [7, 11) is 1.76. The summed E-state index contributed by atoms with van der Waals surface area (Å²) in [6.45, 7) is 9.29. The summed E-state index contributed by atoms with van der Waals surface area (Å²) in [6, 6.07) is 4.17. The molecule has 0 unspecified atom stereocenters. The van der Waals surface area contributed by atoms with E-state index in [2.05, 4.69) is 41.6 Å². The van der Waals surface area contributed by atoms with Crippen molar-refractivity contribution in [1.82, 2.24) is 10.2 Å². The fourth-order valence-electron chi connectivity index (χ4n) is 4.08. The quantitative estimate of drug-likeness (QED) is 0.822. The average molecular weight is 351 g/mol. The van der Waals surface area contributed by atoms with E-state index in [-0.39, 0.29) is 16.7 Å². The summed E-state index contributed by atoms with van der Waals surface area (Å²) in [5.74, 6) is 0.840. The Morgan fingerprint density at radius 3 is 2.67 bits per heavy atom. The maximum Gasteiger partial charge on any atom is 0.232 e. The van der Waals surface area contributed by atoms with Crippen molar-refractivity contribution in [2.24, 2.45) is 11.3 Å². The Kier molecular flexibility index (Phi) is 5.33. The fourth-order valence-corrected chi connectivity index (χ4v) is 5.19. The van der Waals surface area contributed by atoms with E-state index in [1.165, 1.54) is 17.7 Å². The third-order valence-corrected chi connectivity index (χ3v) is 6.97. The minimum atomic E-state index is -0.291. The molecular formula is C19H30N2O2S. The van der Waals surface area contributed by atoms with Crippen LogP contribution in [0.1, 0.15) is 38.0 Å². The van der Waals surface area contributed by atoms with Crippen LogP contribution in [0.5, 0.6) is 0 Å². The lowest BCUT2D eigenvalue weighted by Gasteiger charge is -2.32. The summed E-state index contributed by atoms with van der Waals surface area (Å²) in [5.41, 5.74) is -0.216. The summed E-state index contributed by atoms with van der Waals surface area (Å²) in [5, 5.41) is 5.36. The third kappa shape index (κ3) is 3.39. The molecule has 1 saturated carbocycles. The van der Waals surface area contributed by atoms with Gasteiger partial charge in [-0.1, -0.05) is 19.9 Å². The van der Waals surface area contributed by atoms with Crippen LogP contribution >= 0.6 is 11.3 Å². The summed E-state index contributed by atoms with van der Waals surface area (Å²) in [4.78, 5) is 16.6. The molecule has 2 fully saturated rings. The van der Waals surface area contributed by atoms with Crippen molar-refractivity contribution in [3.63, 3.8) is 0 Å². The van der Waals surface area contributed by atoms with Gasteiger partial charge in [-0.25, -0.2) is 0 Å². The number of amides is 1. The molecule has 1 aliphatic carbocycles. The molecule has 5 heteroatoms. The zero-order valence-corrected chi connectivity index (χ0v) is 16.0. The number of nitrogens with one attached hydrogen (secondary N) is 1. The molecule has 3 rings (SSSR count). The van der Waals surface area contributed by atoms with Crippen molar-refractivity contribution in [3.8, 4) is 0 Å². The molecule has 2 aliphatic rings. The molecule has 1 aliphatic heterocycles. The minimum absolute atomic E-state index is 0.0749. The van der Waals surface area contributed by atoms with E-state index in [0.29, 0.717) is 5.92 Å². The lowest BCUT2D eigenvalue weighted by Crippen LogP contribution is -2.43. The Labute approximate surface area is 149 Å². The van der Waals surface area contributed by atoms with Gasteiger partial charge in [0.2, 0.25) is 5.91 Å². The Morgan fingerprint density at radius 2 is 2.12 bits per heavy atom. The molecule has 0 spiro atoms. The van der Waals surface area contributed by atoms with Crippen LogP contribution in [-0.2, 0) is 14.9 Å². The number of hydrogen-bond donors (Lipinski definition) is 1. The SMILES string of the molecule is COCCN1CCC(CNC(=O)[C@]2(c3cccs3)CC2(C)C)CC1. The second-order valence-corrected chi connectivity index (χ2v) is 8.88. The Morgan fingerprint density at radius 1 is 1.42 bits per heavy atom. The molecule has 1 amide bonds. The maximum atomic E-state index is 13.0. The molecule has 0 bridgehead atoms. The van der Waals surface area contributed by atoms with Gasteiger partial charge in [-0.2, -0.15) is 0 Å². The number of thiophene rings is 1.